The molecule has 0 spiro atoms. The van der Waals surface area contributed by atoms with Gasteiger partial charge in [-0.1, -0.05) is 12.1 Å². The summed E-state index contributed by atoms with van der Waals surface area (Å²) in [5.41, 5.74) is 4.08. The zero-order valence-electron chi connectivity index (χ0n) is 11.5. The molecule has 1 N–H and O–H groups in total. The molecule has 0 radical (unpaired) electrons. The number of nitrogens with zero attached hydrogens (tertiary/aromatic N) is 2. The topological polar surface area (TPSA) is 22.3 Å². The van der Waals surface area contributed by atoms with Gasteiger partial charge in [0.05, 0.1) is 0 Å². The molecular formula is C16H21N3. The van der Waals surface area contributed by atoms with Gasteiger partial charge in [-0.25, -0.2) is 0 Å². The molecule has 0 amide bonds. The van der Waals surface area contributed by atoms with Crippen molar-refractivity contribution in [1.29, 1.82) is 0 Å². The first-order valence-corrected chi connectivity index (χ1v) is 6.97. The van der Waals surface area contributed by atoms with Crippen LogP contribution < -0.4 is 4.90 Å². The number of H-pyrrole nitrogens is 1. The molecule has 1 aromatic carbocycles. The van der Waals surface area contributed by atoms with Crippen LogP contribution in [0.15, 0.2) is 42.7 Å². The monoisotopic (exact) mass is 255 g/mol. The Labute approximate surface area is 114 Å². The van der Waals surface area contributed by atoms with Gasteiger partial charge < -0.3 is 9.88 Å². The number of aromatic nitrogens is 1. The van der Waals surface area contributed by atoms with Crippen molar-refractivity contribution >= 4 is 5.69 Å². The molecule has 1 saturated heterocycles. The Hall–Kier alpha value is -1.74. The summed E-state index contributed by atoms with van der Waals surface area (Å²) in [5.74, 6) is 0. The lowest BCUT2D eigenvalue weighted by molar-refractivity contribution is 0.250. The van der Waals surface area contributed by atoms with Crippen LogP contribution >= 0.6 is 0 Å². The summed E-state index contributed by atoms with van der Waals surface area (Å²) in [6.45, 7) is 7.73. The van der Waals surface area contributed by atoms with E-state index in [1.54, 1.807) is 0 Å². The number of hydrogen-bond donors (Lipinski definition) is 1. The van der Waals surface area contributed by atoms with Gasteiger partial charge >= 0.3 is 0 Å². The van der Waals surface area contributed by atoms with Gasteiger partial charge in [0.15, 0.2) is 0 Å². The SMILES string of the molecule is Cc1cccc(N2CCN(Cc3cc[nH]c3)CC2)c1. The molecule has 2 aromatic rings. The van der Waals surface area contributed by atoms with Crippen molar-refractivity contribution < 1.29 is 0 Å². The highest BCUT2D eigenvalue weighted by atomic mass is 15.3. The van der Waals surface area contributed by atoms with Gasteiger partial charge in [0.25, 0.3) is 0 Å². The first kappa shape index (κ1) is 12.3. The molecule has 1 aromatic heterocycles. The summed E-state index contributed by atoms with van der Waals surface area (Å²) in [4.78, 5) is 8.13. The first-order chi connectivity index (χ1) is 9.31. The van der Waals surface area contributed by atoms with Crippen LogP contribution in [0.2, 0.25) is 0 Å². The van der Waals surface area contributed by atoms with Gasteiger partial charge in [-0.3, -0.25) is 4.90 Å². The molecular weight excluding hydrogens is 234 g/mol. The highest BCUT2D eigenvalue weighted by molar-refractivity contribution is 5.48. The minimum atomic E-state index is 1.06. The molecule has 0 unspecified atom stereocenters. The Bertz CT molecular complexity index is 511. The van der Waals surface area contributed by atoms with Gasteiger partial charge in [-0.15, -0.1) is 0 Å². The maximum Gasteiger partial charge on any atom is 0.0369 e. The Balaban J connectivity index is 1.57. The Morgan fingerprint density at radius 3 is 2.63 bits per heavy atom. The van der Waals surface area contributed by atoms with E-state index in [1.807, 2.05) is 6.20 Å². The van der Waals surface area contributed by atoms with Crippen molar-refractivity contribution in [3.05, 3.63) is 53.9 Å². The molecule has 0 aliphatic carbocycles. The Morgan fingerprint density at radius 1 is 1.11 bits per heavy atom. The number of benzene rings is 1. The quantitative estimate of drug-likeness (QED) is 0.911. The van der Waals surface area contributed by atoms with Crippen molar-refractivity contribution in [2.45, 2.75) is 13.5 Å². The number of anilines is 1. The minimum absolute atomic E-state index is 1.06. The summed E-state index contributed by atoms with van der Waals surface area (Å²) in [6, 6.07) is 11.0. The van der Waals surface area contributed by atoms with Crippen molar-refractivity contribution in [1.82, 2.24) is 9.88 Å². The van der Waals surface area contributed by atoms with E-state index in [0.717, 1.165) is 32.7 Å². The maximum atomic E-state index is 3.12. The van der Waals surface area contributed by atoms with Crippen molar-refractivity contribution in [3.8, 4) is 0 Å². The van der Waals surface area contributed by atoms with E-state index in [0.29, 0.717) is 0 Å². The van der Waals surface area contributed by atoms with Crippen molar-refractivity contribution in [2.75, 3.05) is 31.1 Å². The van der Waals surface area contributed by atoms with Crippen LogP contribution in [-0.4, -0.2) is 36.1 Å². The minimum Gasteiger partial charge on any atom is -0.369 e. The molecule has 100 valence electrons. The molecule has 0 atom stereocenters. The Morgan fingerprint density at radius 2 is 1.95 bits per heavy atom. The van der Waals surface area contributed by atoms with E-state index in [4.69, 9.17) is 0 Å². The molecule has 3 rings (SSSR count). The fourth-order valence-corrected chi connectivity index (χ4v) is 2.70. The van der Waals surface area contributed by atoms with Crippen LogP contribution in [0.5, 0.6) is 0 Å². The molecule has 1 fully saturated rings. The van der Waals surface area contributed by atoms with E-state index in [9.17, 15) is 0 Å². The van der Waals surface area contributed by atoms with Gasteiger partial charge in [0.2, 0.25) is 0 Å². The fraction of sp³-hybridized carbons (Fsp3) is 0.375. The fourth-order valence-electron chi connectivity index (χ4n) is 2.70. The predicted molar refractivity (Wildman–Crippen MR) is 79.5 cm³/mol. The lowest BCUT2D eigenvalue weighted by atomic mass is 10.2. The highest BCUT2D eigenvalue weighted by Gasteiger charge is 2.17. The summed E-state index contributed by atoms with van der Waals surface area (Å²) < 4.78 is 0. The zero-order chi connectivity index (χ0) is 13.1. The summed E-state index contributed by atoms with van der Waals surface area (Å²) >= 11 is 0. The second-order valence-corrected chi connectivity index (χ2v) is 5.32. The maximum absolute atomic E-state index is 3.12. The summed E-state index contributed by atoms with van der Waals surface area (Å²) in [7, 11) is 0. The Kier molecular flexibility index (Phi) is 3.56. The van der Waals surface area contributed by atoms with Gasteiger partial charge in [0, 0.05) is 50.8 Å². The van der Waals surface area contributed by atoms with Crippen molar-refractivity contribution in [3.63, 3.8) is 0 Å². The van der Waals surface area contributed by atoms with Crippen LogP contribution in [0.3, 0.4) is 0 Å². The number of rotatable bonds is 3. The van der Waals surface area contributed by atoms with Gasteiger partial charge in [-0.05, 0) is 36.2 Å². The molecule has 2 heterocycles. The first-order valence-electron chi connectivity index (χ1n) is 6.97. The third kappa shape index (κ3) is 2.99. The van der Waals surface area contributed by atoms with E-state index in [-0.39, 0.29) is 0 Å². The molecule has 19 heavy (non-hydrogen) atoms. The largest absolute Gasteiger partial charge is 0.369 e. The zero-order valence-corrected chi connectivity index (χ0v) is 11.5. The average Bonchev–Trinajstić information content (AvgIpc) is 2.92. The lowest BCUT2D eigenvalue weighted by Gasteiger charge is -2.36. The number of nitrogens with one attached hydrogen (secondary N) is 1. The number of hydrogen-bond acceptors (Lipinski definition) is 2. The van der Waals surface area contributed by atoms with E-state index in [2.05, 4.69) is 58.2 Å². The second kappa shape index (κ2) is 5.49. The number of aromatic amines is 1. The molecule has 3 nitrogen and oxygen atoms in total. The average molecular weight is 255 g/mol. The highest BCUT2D eigenvalue weighted by Crippen LogP contribution is 2.18. The number of aryl methyl sites for hydroxylation is 1. The summed E-state index contributed by atoms with van der Waals surface area (Å²) in [6.07, 6.45) is 4.09. The molecule has 0 saturated carbocycles. The third-order valence-electron chi connectivity index (χ3n) is 3.81. The van der Waals surface area contributed by atoms with Gasteiger partial charge in [-0.2, -0.15) is 0 Å². The molecule has 1 aliphatic rings. The third-order valence-corrected chi connectivity index (χ3v) is 3.81. The molecule has 0 bridgehead atoms. The standard InChI is InChI=1S/C16H21N3/c1-14-3-2-4-16(11-14)19-9-7-18(8-10-19)13-15-5-6-17-12-15/h2-6,11-12,17H,7-10,13H2,1H3. The van der Waals surface area contributed by atoms with E-state index >= 15 is 0 Å². The molecule has 3 heteroatoms. The number of piperazine rings is 1. The van der Waals surface area contributed by atoms with E-state index in [1.165, 1.54) is 16.8 Å². The van der Waals surface area contributed by atoms with Crippen molar-refractivity contribution in [2.24, 2.45) is 0 Å². The van der Waals surface area contributed by atoms with Crippen LogP contribution in [0.1, 0.15) is 11.1 Å². The van der Waals surface area contributed by atoms with Crippen LogP contribution in [0.25, 0.3) is 0 Å². The van der Waals surface area contributed by atoms with Crippen LogP contribution in [-0.2, 0) is 6.54 Å². The van der Waals surface area contributed by atoms with Gasteiger partial charge in [0.1, 0.15) is 0 Å². The molecule has 1 aliphatic heterocycles. The normalized spacial score (nSPS) is 16.8. The second-order valence-electron chi connectivity index (χ2n) is 5.32. The smallest absolute Gasteiger partial charge is 0.0369 e. The lowest BCUT2D eigenvalue weighted by Crippen LogP contribution is -2.45. The van der Waals surface area contributed by atoms with Crippen LogP contribution in [0.4, 0.5) is 5.69 Å². The summed E-state index contributed by atoms with van der Waals surface area (Å²) in [5, 5.41) is 0. The van der Waals surface area contributed by atoms with Crippen LogP contribution in [0, 0.1) is 6.92 Å². The van der Waals surface area contributed by atoms with E-state index < -0.39 is 0 Å². The predicted octanol–water partition coefficient (Wildman–Crippen LogP) is 2.65.